The Morgan fingerprint density at radius 1 is 1.24 bits per heavy atom. The minimum Gasteiger partial charge on any atom is -0.323 e. The molecule has 2 rings (SSSR count). The van der Waals surface area contributed by atoms with E-state index in [1.165, 1.54) is 0 Å². The second kappa shape index (κ2) is 5.36. The molecule has 0 aliphatic heterocycles. The van der Waals surface area contributed by atoms with E-state index in [0.717, 1.165) is 11.4 Å². The largest absolute Gasteiger partial charge is 0.323 e. The van der Waals surface area contributed by atoms with Gasteiger partial charge in [-0.05, 0) is 12.1 Å². The molecule has 0 radical (unpaired) electrons. The van der Waals surface area contributed by atoms with Crippen LogP contribution in [0, 0.1) is 11.8 Å². The summed E-state index contributed by atoms with van der Waals surface area (Å²) in [7, 11) is 0. The van der Waals surface area contributed by atoms with E-state index >= 15 is 0 Å². The second-order valence-electron chi connectivity index (χ2n) is 4.24. The van der Waals surface area contributed by atoms with Crippen LogP contribution in [-0.2, 0) is 6.54 Å². The standard InChI is InChI=1S/C15H16N2/c1-13(2)15-16-10-12-17(15)11-6-9-14-7-4-3-5-8-14/h3-5,7-8,10,12-13H,11H2,1-2H3. The van der Waals surface area contributed by atoms with E-state index in [0.29, 0.717) is 12.5 Å². The van der Waals surface area contributed by atoms with E-state index in [1.807, 2.05) is 42.7 Å². The molecule has 0 bridgehead atoms. The highest BCUT2D eigenvalue weighted by Gasteiger charge is 2.04. The van der Waals surface area contributed by atoms with Crippen LogP contribution in [0.2, 0.25) is 0 Å². The van der Waals surface area contributed by atoms with Crippen molar-refractivity contribution in [2.24, 2.45) is 0 Å². The van der Waals surface area contributed by atoms with Crippen molar-refractivity contribution < 1.29 is 0 Å². The van der Waals surface area contributed by atoms with Gasteiger partial charge in [-0.3, -0.25) is 0 Å². The Balaban J connectivity index is 2.08. The lowest BCUT2D eigenvalue weighted by Gasteiger charge is -2.06. The van der Waals surface area contributed by atoms with Gasteiger partial charge in [-0.2, -0.15) is 0 Å². The topological polar surface area (TPSA) is 17.8 Å². The van der Waals surface area contributed by atoms with Gasteiger partial charge in [-0.15, -0.1) is 0 Å². The highest BCUT2D eigenvalue weighted by molar-refractivity contribution is 5.33. The molecule has 0 saturated carbocycles. The SMILES string of the molecule is CC(C)c1nccn1CC#Cc1ccccc1. The number of imidazole rings is 1. The van der Waals surface area contributed by atoms with Crippen LogP contribution < -0.4 is 0 Å². The minimum atomic E-state index is 0.434. The Morgan fingerprint density at radius 3 is 2.71 bits per heavy atom. The fraction of sp³-hybridized carbons (Fsp3) is 0.267. The normalized spacial score (nSPS) is 10.1. The van der Waals surface area contributed by atoms with Gasteiger partial charge in [0.25, 0.3) is 0 Å². The van der Waals surface area contributed by atoms with Crippen LogP contribution >= 0.6 is 0 Å². The third-order valence-electron chi connectivity index (χ3n) is 2.52. The summed E-state index contributed by atoms with van der Waals surface area (Å²) in [6, 6.07) is 10.0. The van der Waals surface area contributed by atoms with Crippen LogP contribution in [0.1, 0.15) is 31.2 Å². The molecule has 17 heavy (non-hydrogen) atoms. The van der Waals surface area contributed by atoms with Gasteiger partial charge < -0.3 is 4.57 Å². The first-order valence-corrected chi connectivity index (χ1v) is 5.82. The maximum atomic E-state index is 4.34. The summed E-state index contributed by atoms with van der Waals surface area (Å²) in [5.41, 5.74) is 1.05. The molecule has 2 aromatic rings. The number of nitrogens with zero attached hydrogens (tertiary/aromatic N) is 2. The Labute approximate surface area is 102 Å². The highest BCUT2D eigenvalue weighted by atomic mass is 15.1. The van der Waals surface area contributed by atoms with Crippen molar-refractivity contribution in [3.63, 3.8) is 0 Å². The van der Waals surface area contributed by atoms with Gasteiger partial charge in [-0.25, -0.2) is 4.98 Å². The summed E-state index contributed by atoms with van der Waals surface area (Å²) in [5.74, 6) is 7.85. The molecule has 1 aromatic heterocycles. The molecular weight excluding hydrogens is 208 g/mol. The van der Waals surface area contributed by atoms with Crippen LogP contribution in [0.25, 0.3) is 0 Å². The number of rotatable bonds is 2. The zero-order chi connectivity index (χ0) is 12.1. The third kappa shape index (κ3) is 2.98. The Hall–Kier alpha value is -2.01. The summed E-state index contributed by atoms with van der Waals surface area (Å²) in [5, 5.41) is 0. The van der Waals surface area contributed by atoms with Gasteiger partial charge in [0.1, 0.15) is 5.82 Å². The van der Waals surface area contributed by atoms with E-state index in [1.54, 1.807) is 0 Å². The predicted molar refractivity (Wildman–Crippen MR) is 69.6 cm³/mol. The predicted octanol–water partition coefficient (Wildman–Crippen LogP) is 3.06. The van der Waals surface area contributed by atoms with Crippen molar-refractivity contribution in [1.29, 1.82) is 0 Å². The lowest BCUT2D eigenvalue weighted by molar-refractivity contribution is 0.685. The van der Waals surface area contributed by atoms with Crippen molar-refractivity contribution >= 4 is 0 Å². The first-order valence-electron chi connectivity index (χ1n) is 5.82. The second-order valence-corrected chi connectivity index (χ2v) is 4.24. The summed E-state index contributed by atoms with van der Waals surface area (Å²) >= 11 is 0. The average Bonchev–Trinajstić information content (AvgIpc) is 2.79. The van der Waals surface area contributed by atoms with Crippen LogP contribution in [0.15, 0.2) is 42.7 Å². The monoisotopic (exact) mass is 224 g/mol. The van der Waals surface area contributed by atoms with Crippen molar-refractivity contribution in [2.75, 3.05) is 0 Å². The zero-order valence-electron chi connectivity index (χ0n) is 10.2. The molecule has 2 nitrogen and oxygen atoms in total. The molecule has 0 atom stereocenters. The van der Waals surface area contributed by atoms with Crippen LogP contribution in [-0.4, -0.2) is 9.55 Å². The fourth-order valence-electron chi connectivity index (χ4n) is 1.70. The lowest BCUT2D eigenvalue weighted by Crippen LogP contribution is -2.03. The summed E-state index contributed by atoms with van der Waals surface area (Å²) in [6.07, 6.45) is 3.81. The Kier molecular flexibility index (Phi) is 3.62. The van der Waals surface area contributed by atoms with Crippen LogP contribution in [0.4, 0.5) is 0 Å². The number of hydrogen-bond acceptors (Lipinski definition) is 1. The summed E-state index contributed by atoms with van der Waals surface area (Å²) < 4.78 is 2.10. The molecule has 0 aliphatic rings. The van der Waals surface area contributed by atoms with Gasteiger partial charge in [0.05, 0.1) is 6.54 Å². The van der Waals surface area contributed by atoms with E-state index in [-0.39, 0.29) is 0 Å². The maximum absolute atomic E-state index is 4.34. The van der Waals surface area contributed by atoms with Gasteiger partial charge in [0.15, 0.2) is 0 Å². The highest BCUT2D eigenvalue weighted by Crippen LogP contribution is 2.10. The van der Waals surface area contributed by atoms with Crippen molar-refractivity contribution in [3.8, 4) is 11.8 Å². The first-order chi connectivity index (χ1) is 8.27. The summed E-state index contributed by atoms with van der Waals surface area (Å²) in [4.78, 5) is 4.34. The van der Waals surface area contributed by atoms with Crippen molar-refractivity contribution in [1.82, 2.24) is 9.55 Å². The molecular formula is C15H16N2. The smallest absolute Gasteiger partial charge is 0.112 e. The zero-order valence-corrected chi connectivity index (χ0v) is 10.2. The molecule has 0 fully saturated rings. The first kappa shape index (κ1) is 11.5. The van der Waals surface area contributed by atoms with Crippen LogP contribution in [0.5, 0.6) is 0 Å². The average molecular weight is 224 g/mol. The molecule has 0 unspecified atom stereocenters. The number of hydrogen-bond donors (Lipinski definition) is 0. The lowest BCUT2D eigenvalue weighted by atomic mass is 10.2. The maximum Gasteiger partial charge on any atom is 0.112 e. The molecule has 86 valence electrons. The number of benzene rings is 1. The Morgan fingerprint density at radius 2 is 2.00 bits per heavy atom. The van der Waals surface area contributed by atoms with E-state index < -0.39 is 0 Å². The van der Waals surface area contributed by atoms with E-state index in [2.05, 4.69) is 35.2 Å². The minimum absolute atomic E-state index is 0.434. The van der Waals surface area contributed by atoms with E-state index in [9.17, 15) is 0 Å². The van der Waals surface area contributed by atoms with Crippen LogP contribution in [0.3, 0.4) is 0 Å². The van der Waals surface area contributed by atoms with Gasteiger partial charge in [0, 0.05) is 23.9 Å². The fourth-order valence-corrected chi connectivity index (χ4v) is 1.70. The quantitative estimate of drug-likeness (QED) is 0.717. The molecule has 1 heterocycles. The molecule has 2 heteroatoms. The van der Waals surface area contributed by atoms with Crippen molar-refractivity contribution in [2.45, 2.75) is 26.3 Å². The molecule has 0 spiro atoms. The van der Waals surface area contributed by atoms with Gasteiger partial charge >= 0.3 is 0 Å². The molecule has 1 aromatic carbocycles. The van der Waals surface area contributed by atoms with Gasteiger partial charge in [0.2, 0.25) is 0 Å². The van der Waals surface area contributed by atoms with Crippen molar-refractivity contribution in [3.05, 3.63) is 54.1 Å². The van der Waals surface area contributed by atoms with Gasteiger partial charge in [-0.1, -0.05) is 43.9 Å². The third-order valence-corrected chi connectivity index (χ3v) is 2.52. The summed E-state index contributed by atoms with van der Waals surface area (Å²) in [6.45, 7) is 4.98. The number of aromatic nitrogens is 2. The Bertz CT molecular complexity index is 527. The molecule has 0 N–H and O–H groups in total. The molecule has 0 saturated heterocycles. The molecule has 0 aliphatic carbocycles. The molecule has 0 amide bonds. The van der Waals surface area contributed by atoms with E-state index in [4.69, 9.17) is 0 Å².